The molecule has 0 fully saturated rings. The first-order valence-electron chi connectivity index (χ1n) is 6.94. The number of nitrogens with zero attached hydrogens (tertiary/aromatic N) is 3. The van der Waals surface area contributed by atoms with Gasteiger partial charge in [0.05, 0.1) is 24.7 Å². The monoisotopic (exact) mass is 311 g/mol. The fraction of sp³-hybridized carbons (Fsp3) is 0.125. The van der Waals surface area contributed by atoms with Crippen LogP contribution in [0.3, 0.4) is 0 Å². The highest BCUT2D eigenvalue weighted by molar-refractivity contribution is 5.65. The second-order valence-corrected chi connectivity index (χ2v) is 4.96. The molecule has 0 spiro atoms. The molecule has 4 rings (SSSR count). The summed E-state index contributed by atoms with van der Waals surface area (Å²) in [6.07, 6.45) is 1.66. The van der Waals surface area contributed by atoms with E-state index in [-0.39, 0.29) is 12.5 Å². The number of phenols is 1. The van der Waals surface area contributed by atoms with Crippen LogP contribution in [0.15, 0.2) is 42.6 Å². The zero-order chi connectivity index (χ0) is 15.8. The summed E-state index contributed by atoms with van der Waals surface area (Å²) < 4.78 is 17.9. The molecule has 0 saturated heterocycles. The van der Waals surface area contributed by atoms with Crippen LogP contribution in [-0.4, -0.2) is 34.0 Å². The SMILES string of the molecule is COc1cc(-n2nncc2-c2ccc(O)cc2)cc2c1OCO2. The second kappa shape index (κ2) is 5.20. The molecule has 0 saturated carbocycles. The van der Waals surface area contributed by atoms with Crippen molar-refractivity contribution in [3.63, 3.8) is 0 Å². The van der Waals surface area contributed by atoms with Gasteiger partial charge in [0.25, 0.3) is 0 Å². The summed E-state index contributed by atoms with van der Waals surface area (Å²) in [6, 6.07) is 10.5. The third kappa shape index (κ3) is 2.22. The number of fused-ring (bicyclic) bond motifs is 1. The zero-order valence-corrected chi connectivity index (χ0v) is 12.3. The fourth-order valence-electron chi connectivity index (χ4n) is 2.49. The predicted octanol–water partition coefficient (Wildman–Crippen LogP) is 2.38. The van der Waals surface area contributed by atoms with Crippen molar-refractivity contribution in [2.24, 2.45) is 0 Å². The molecule has 0 aliphatic carbocycles. The standard InChI is InChI=1S/C16H13N3O4/c1-21-14-6-11(7-15-16(14)23-9-22-15)19-13(8-17-18-19)10-2-4-12(20)5-3-10/h2-8,20H,9H2,1H3. The maximum atomic E-state index is 9.43. The average molecular weight is 311 g/mol. The van der Waals surface area contributed by atoms with Gasteiger partial charge in [0.2, 0.25) is 12.5 Å². The number of aromatic hydroxyl groups is 1. The van der Waals surface area contributed by atoms with Gasteiger partial charge in [-0.1, -0.05) is 5.21 Å². The highest BCUT2D eigenvalue weighted by Crippen LogP contribution is 2.43. The van der Waals surface area contributed by atoms with Gasteiger partial charge in [-0.2, -0.15) is 0 Å². The summed E-state index contributed by atoms with van der Waals surface area (Å²) >= 11 is 0. The van der Waals surface area contributed by atoms with Gasteiger partial charge in [0.15, 0.2) is 11.5 Å². The summed E-state index contributed by atoms with van der Waals surface area (Å²) in [7, 11) is 1.57. The largest absolute Gasteiger partial charge is 0.508 e. The number of benzene rings is 2. The maximum absolute atomic E-state index is 9.43. The van der Waals surface area contributed by atoms with Gasteiger partial charge < -0.3 is 19.3 Å². The van der Waals surface area contributed by atoms with Gasteiger partial charge in [-0.3, -0.25) is 0 Å². The summed E-state index contributed by atoms with van der Waals surface area (Å²) in [5.74, 6) is 1.97. The van der Waals surface area contributed by atoms with Crippen LogP contribution in [0.5, 0.6) is 23.0 Å². The number of hydrogen-bond acceptors (Lipinski definition) is 6. The normalized spacial score (nSPS) is 12.4. The Morgan fingerprint density at radius 2 is 2.00 bits per heavy atom. The van der Waals surface area contributed by atoms with Crippen LogP contribution in [0.25, 0.3) is 16.9 Å². The molecule has 116 valence electrons. The molecule has 1 aliphatic heterocycles. The summed E-state index contributed by atoms with van der Waals surface area (Å²) in [4.78, 5) is 0. The quantitative estimate of drug-likeness (QED) is 0.800. The van der Waals surface area contributed by atoms with Gasteiger partial charge in [-0.15, -0.1) is 5.10 Å². The Morgan fingerprint density at radius 3 is 2.78 bits per heavy atom. The smallest absolute Gasteiger partial charge is 0.231 e. The van der Waals surface area contributed by atoms with E-state index in [9.17, 15) is 5.11 Å². The Labute approximate surface area is 131 Å². The molecular formula is C16H13N3O4. The Bertz CT molecular complexity index is 858. The molecule has 1 aliphatic rings. The molecule has 3 aromatic rings. The highest BCUT2D eigenvalue weighted by atomic mass is 16.7. The molecule has 2 heterocycles. The van der Waals surface area contributed by atoms with Crippen molar-refractivity contribution in [2.45, 2.75) is 0 Å². The van der Waals surface area contributed by atoms with Crippen molar-refractivity contribution in [1.82, 2.24) is 15.0 Å². The Kier molecular flexibility index (Phi) is 3.04. The molecular weight excluding hydrogens is 298 g/mol. The van der Waals surface area contributed by atoms with Crippen LogP contribution < -0.4 is 14.2 Å². The zero-order valence-electron chi connectivity index (χ0n) is 12.3. The lowest BCUT2D eigenvalue weighted by Crippen LogP contribution is -2.00. The van der Waals surface area contributed by atoms with E-state index in [1.54, 1.807) is 42.3 Å². The number of ether oxygens (including phenoxy) is 3. The molecule has 7 heteroatoms. The van der Waals surface area contributed by atoms with E-state index >= 15 is 0 Å². The van der Waals surface area contributed by atoms with Crippen LogP contribution in [0.2, 0.25) is 0 Å². The predicted molar refractivity (Wildman–Crippen MR) is 81.1 cm³/mol. The Morgan fingerprint density at radius 1 is 1.17 bits per heavy atom. The van der Waals surface area contributed by atoms with Crippen LogP contribution in [0.1, 0.15) is 0 Å². The molecule has 1 aromatic heterocycles. The molecule has 0 atom stereocenters. The number of methoxy groups -OCH3 is 1. The molecule has 2 aromatic carbocycles. The Hall–Kier alpha value is -3.22. The first-order valence-corrected chi connectivity index (χ1v) is 6.94. The number of hydrogen-bond donors (Lipinski definition) is 1. The number of phenolic OH excluding ortho intramolecular Hbond substituents is 1. The minimum absolute atomic E-state index is 0.164. The third-order valence-electron chi connectivity index (χ3n) is 3.60. The van der Waals surface area contributed by atoms with Crippen molar-refractivity contribution in [2.75, 3.05) is 13.9 Å². The highest BCUT2D eigenvalue weighted by Gasteiger charge is 2.22. The lowest BCUT2D eigenvalue weighted by molar-refractivity contribution is 0.171. The van der Waals surface area contributed by atoms with E-state index in [2.05, 4.69) is 10.3 Å². The average Bonchev–Trinajstić information content (AvgIpc) is 3.23. The van der Waals surface area contributed by atoms with E-state index in [1.807, 2.05) is 12.1 Å². The van der Waals surface area contributed by atoms with E-state index in [1.165, 1.54) is 0 Å². The van der Waals surface area contributed by atoms with Crippen molar-refractivity contribution < 1.29 is 19.3 Å². The third-order valence-corrected chi connectivity index (χ3v) is 3.60. The van der Waals surface area contributed by atoms with Crippen LogP contribution in [0.4, 0.5) is 0 Å². The summed E-state index contributed by atoms with van der Waals surface area (Å²) in [6.45, 7) is 0.164. The molecule has 0 radical (unpaired) electrons. The van der Waals surface area contributed by atoms with Crippen molar-refractivity contribution >= 4 is 0 Å². The molecule has 0 bridgehead atoms. The van der Waals surface area contributed by atoms with Crippen molar-refractivity contribution in [1.29, 1.82) is 0 Å². The van der Waals surface area contributed by atoms with Gasteiger partial charge >= 0.3 is 0 Å². The second-order valence-electron chi connectivity index (χ2n) is 4.96. The fourth-order valence-corrected chi connectivity index (χ4v) is 2.49. The maximum Gasteiger partial charge on any atom is 0.231 e. The van der Waals surface area contributed by atoms with Crippen LogP contribution in [-0.2, 0) is 0 Å². The van der Waals surface area contributed by atoms with Crippen molar-refractivity contribution in [3.05, 3.63) is 42.6 Å². The van der Waals surface area contributed by atoms with E-state index < -0.39 is 0 Å². The molecule has 7 nitrogen and oxygen atoms in total. The van der Waals surface area contributed by atoms with Gasteiger partial charge in [-0.05, 0) is 24.3 Å². The molecule has 23 heavy (non-hydrogen) atoms. The number of aromatic nitrogens is 3. The molecule has 0 unspecified atom stereocenters. The van der Waals surface area contributed by atoms with Gasteiger partial charge in [0.1, 0.15) is 5.75 Å². The van der Waals surface area contributed by atoms with E-state index in [0.717, 1.165) is 16.9 Å². The molecule has 0 amide bonds. The number of rotatable bonds is 3. The Balaban J connectivity index is 1.83. The van der Waals surface area contributed by atoms with E-state index in [0.29, 0.717) is 17.2 Å². The first kappa shape index (κ1) is 13.4. The first-order chi connectivity index (χ1) is 11.3. The van der Waals surface area contributed by atoms with Gasteiger partial charge in [-0.25, -0.2) is 4.68 Å². The lowest BCUT2D eigenvalue weighted by atomic mass is 10.1. The summed E-state index contributed by atoms with van der Waals surface area (Å²) in [5.41, 5.74) is 2.40. The lowest BCUT2D eigenvalue weighted by Gasteiger charge is -2.10. The van der Waals surface area contributed by atoms with E-state index in [4.69, 9.17) is 14.2 Å². The summed E-state index contributed by atoms with van der Waals surface area (Å²) in [5, 5.41) is 17.6. The van der Waals surface area contributed by atoms with Crippen LogP contribution in [0, 0.1) is 0 Å². The topological polar surface area (TPSA) is 78.6 Å². The minimum atomic E-state index is 0.164. The van der Waals surface area contributed by atoms with Crippen molar-refractivity contribution in [3.8, 4) is 39.9 Å². The van der Waals surface area contributed by atoms with Gasteiger partial charge in [0, 0.05) is 17.7 Å². The minimum Gasteiger partial charge on any atom is -0.508 e. The molecule has 1 N–H and O–H groups in total. The van der Waals surface area contributed by atoms with Crippen LogP contribution >= 0.6 is 0 Å².